The summed E-state index contributed by atoms with van der Waals surface area (Å²) in [5, 5.41) is 0. The number of rotatable bonds is 1. The van der Waals surface area contributed by atoms with Gasteiger partial charge in [-0.3, -0.25) is 0 Å². The summed E-state index contributed by atoms with van der Waals surface area (Å²) in [4.78, 5) is 0. The third kappa shape index (κ3) is 1.66. The summed E-state index contributed by atoms with van der Waals surface area (Å²) < 4.78 is 10.8. The Kier molecular flexibility index (Phi) is 2.60. The molecule has 0 aliphatic carbocycles. The van der Waals surface area contributed by atoms with E-state index in [1.807, 2.05) is 6.92 Å². The Morgan fingerprint density at radius 2 is 2.00 bits per heavy atom. The molecule has 1 aliphatic rings. The highest BCUT2D eigenvalue weighted by Crippen LogP contribution is 2.14. The lowest BCUT2D eigenvalue weighted by molar-refractivity contribution is 0.204. The molecule has 2 nitrogen and oxygen atoms in total. The van der Waals surface area contributed by atoms with Gasteiger partial charge in [0, 0.05) is 12.8 Å². The van der Waals surface area contributed by atoms with Crippen LogP contribution < -0.4 is 0 Å². The Labute approximate surface area is 61.8 Å². The fraction of sp³-hybridized carbons (Fsp3) is 0.750. The Bertz CT molecular complexity index is 138. The van der Waals surface area contributed by atoms with Crippen LogP contribution in [0.1, 0.15) is 26.7 Å². The Balaban J connectivity index is 2.58. The predicted molar refractivity (Wildman–Crippen MR) is 39.5 cm³/mol. The number of hydrogen-bond donors (Lipinski definition) is 0. The summed E-state index contributed by atoms with van der Waals surface area (Å²) in [6.45, 7) is 5.65. The fourth-order valence-corrected chi connectivity index (χ4v) is 1.01. The van der Waals surface area contributed by atoms with Crippen molar-refractivity contribution in [3.8, 4) is 0 Å². The van der Waals surface area contributed by atoms with E-state index in [0.717, 1.165) is 37.6 Å². The molecule has 0 amide bonds. The first-order valence-electron chi connectivity index (χ1n) is 3.80. The molecule has 0 fully saturated rings. The topological polar surface area (TPSA) is 18.5 Å². The summed E-state index contributed by atoms with van der Waals surface area (Å²) in [5.41, 5.74) is 0. The van der Waals surface area contributed by atoms with Gasteiger partial charge in [0.2, 0.25) is 0 Å². The number of hydrogen-bond acceptors (Lipinski definition) is 2. The van der Waals surface area contributed by atoms with E-state index in [4.69, 9.17) is 9.47 Å². The van der Waals surface area contributed by atoms with Crippen molar-refractivity contribution in [3.63, 3.8) is 0 Å². The molecule has 0 aromatic rings. The van der Waals surface area contributed by atoms with Gasteiger partial charge in [0.05, 0.1) is 13.2 Å². The summed E-state index contributed by atoms with van der Waals surface area (Å²) in [6, 6.07) is 0. The maximum absolute atomic E-state index is 5.42. The SMILES string of the molecule is CCC1=C(C)OCCCO1. The van der Waals surface area contributed by atoms with Crippen molar-refractivity contribution in [1.82, 2.24) is 0 Å². The van der Waals surface area contributed by atoms with Gasteiger partial charge in [-0.2, -0.15) is 0 Å². The molecule has 0 N–H and O–H groups in total. The van der Waals surface area contributed by atoms with E-state index in [1.165, 1.54) is 0 Å². The molecular weight excluding hydrogens is 128 g/mol. The van der Waals surface area contributed by atoms with E-state index in [9.17, 15) is 0 Å². The molecule has 1 rings (SSSR count). The van der Waals surface area contributed by atoms with Crippen molar-refractivity contribution in [1.29, 1.82) is 0 Å². The van der Waals surface area contributed by atoms with Crippen molar-refractivity contribution in [2.45, 2.75) is 26.7 Å². The van der Waals surface area contributed by atoms with Gasteiger partial charge in [-0.05, 0) is 6.92 Å². The summed E-state index contributed by atoms with van der Waals surface area (Å²) in [5.74, 6) is 1.97. The van der Waals surface area contributed by atoms with E-state index in [1.54, 1.807) is 0 Å². The molecular formula is C8H14O2. The molecule has 2 heteroatoms. The third-order valence-corrected chi connectivity index (χ3v) is 1.60. The Morgan fingerprint density at radius 1 is 1.30 bits per heavy atom. The summed E-state index contributed by atoms with van der Waals surface area (Å²) in [7, 11) is 0. The fourth-order valence-electron chi connectivity index (χ4n) is 1.01. The monoisotopic (exact) mass is 142 g/mol. The standard InChI is InChI=1S/C8H14O2/c1-3-8-7(2)9-5-4-6-10-8/h3-6H2,1-2H3. The molecule has 0 saturated carbocycles. The number of ether oxygens (including phenoxy) is 2. The molecule has 1 heterocycles. The van der Waals surface area contributed by atoms with E-state index in [0.29, 0.717) is 0 Å². The molecule has 0 atom stereocenters. The van der Waals surface area contributed by atoms with Gasteiger partial charge < -0.3 is 9.47 Å². The van der Waals surface area contributed by atoms with Crippen molar-refractivity contribution >= 4 is 0 Å². The minimum Gasteiger partial charge on any atom is -0.495 e. The van der Waals surface area contributed by atoms with Crippen LogP contribution in [0, 0.1) is 0 Å². The third-order valence-electron chi connectivity index (χ3n) is 1.60. The van der Waals surface area contributed by atoms with Gasteiger partial charge in [-0.15, -0.1) is 0 Å². The van der Waals surface area contributed by atoms with Crippen LogP contribution in [-0.4, -0.2) is 13.2 Å². The van der Waals surface area contributed by atoms with E-state index in [-0.39, 0.29) is 0 Å². The molecule has 10 heavy (non-hydrogen) atoms. The zero-order chi connectivity index (χ0) is 7.40. The molecule has 0 saturated heterocycles. The lowest BCUT2D eigenvalue weighted by atomic mass is 10.3. The van der Waals surface area contributed by atoms with Crippen LogP contribution in [0.4, 0.5) is 0 Å². The first-order chi connectivity index (χ1) is 4.84. The molecule has 0 spiro atoms. The lowest BCUT2D eigenvalue weighted by Gasteiger charge is -2.06. The average Bonchev–Trinajstić information content (AvgIpc) is 2.13. The molecule has 0 bridgehead atoms. The van der Waals surface area contributed by atoms with Crippen molar-refractivity contribution < 1.29 is 9.47 Å². The first kappa shape index (κ1) is 7.45. The quantitative estimate of drug-likeness (QED) is 0.558. The predicted octanol–water partition coefficient (Wildman–Crippen LogP) is 2.06. The van der Waals surface area contributed by atoms with E-state index < -0.39 is 0 Å². The van der Waals surface area contributed by atoms with Crippen molar-refractivity contribution in [2.24, 2.45) is 0 Å². The van der Waals surface area contributed by atoms with Crippen LogP contribution in [0.15, 0.2) is 11.5 Å². The van der Waals surface area contributed by atoms with Gasteiger partial charge in [0.15, 0.2) is 0 Å². The largest absolute Gasteiger partial charge is 0.495 e. The molecule has 0 aromatic carbocycles. The van der Waals surface area contributed by atoms with Crippen LogP contribution >= 0.6 is 0 Å². The zero-order valence-electron chi connectivity index (χ0n) is 6.64. The van der Waals surface area contributed by atoms with E-state index in [2.05, 4.69) is 6.92 Å². The van der Waals surface area contributed by atoms with Gasteiger partial charge in [0.25, 0.3) is 0 Å². The highest BCUT2D eigenvalue weighted by molar-refractivity contribution is 4.98. The maximum atomic E-state index is 5.42. The van der Waals surface area contributed by atoms with Gasteiger partial charge in [-0.25, -0.2) is 0 Å². The maximum Gasteiger partial charge on any atom is 0.133 e. The molecule has 0 aromatic heterocycles. The highest BCUT2D eigenvalue weighted by Gasteiger charge is 2.06. The van der Waals surface area contributed by atoms with Gasteiger partial charge >= 0.3 is 0 Å². The summed E-state index contributed by atoms with van der Waals surface area (Å²) in [6.07, 6.45) is 1.94. The minimum atomic E-state index is 0.801. The number of allylic oxidation sites excluding steroid dienone is 2. The second kappa shape index (κ2) is 3.49. The van der Waals surface area contributed by atoms with Gasteiger partial charge in [0.1, 0.15) is 11.5 Å². The Morgan fingerprint density at radius 3 is 2.70 bits per heavy atom. The van der Waals surface area contributed by atoms with Crippen LogP contribution in [0.5, 0.6) is 0 Å². The summed E-state index contributed by atoms with van der Waals surface area (Å²) >= 11 is 0. The highest BCUT2D eigenvalue weighted by atomic mass is 16.5. The van der Waals surface area contributed by atoms with Crippen LogP contribution in [0.25, 0.3) is 0 Å². The average molecular weight is 142 g/mol. The van der Waals surface area contributed by atoms with E-state index >= 15 is 0 Å². The normalized spacial score (nSPS) is 19.4. The smallest absolute Gasteiger partial charge is 0.133 e. The lowest BCUT2D eigenvalue weighted by Crippen LogP contribution is -1.92. The minimum absolute atomic E-state index is 0.801. The van der Waals surface area contributed by atoms with Crippen LogP contribution in [0.2, 0.25) is 0 Å². The van der Waals surface area contributed by atoms with Gasteiger partial charge in [-0.1, -0.05) is 6.92 Å². The zero-order valence-corrected chi connectivity index (χ0v) is 6.64. The molecule has 0 radical (unpaired) electrons. The molecule has 1 aliphatic heterocycles. The second-order valence-corrected chi connectivity index (χ2v) is 2.38. The second-order valence-electron chi connectivity index (χ2n) is 2.38. The first-order valence-corrected chi connectivity index (χ1v) is 3.80. The van der Waals surface area contributed by atoms with Crippen molar-refractivity contribution in [2.75, 3.05) is 13.2 Å². The van der Waals surface area contributed by atoms with Crippen LogP contribution in [-0.2, 0) is 9.47 Å². The Hall–Kier alpha value is -0.660. The molecule has 0 unspecified atom stereocenters. The molecule has 58 valence electrons. The van der Waals surface area contributed by atoms with Crippen LogP contribution in [0.3, 0.4) is 0 Å². The van der Waals surface area contributed by atoms with Crippen molar-refractivity contribution in [3.05, 3.63) is 11.5 Å².